The fourth-order valence-corrected chi connectivity index (χ4v) is 4.14. The van der Waals surface area contributed by atoms with Crippen LogP contribution in [-0.4, -0.2) is 39.1 Å². The van der Waals surface area contributed by atoms with Crippen LogP contribution >= 0.6 is 11.6 Å². The molecule has 1 N–H and O–H groups in total. The molecule has 3 aromatic rings. The maximum Gasteiger partial charge on any atom is 0.303 e. The van der Waals surface area contributed by atoms with Crippen molar-refractivity contribution in [1.82, 2.24) is 15.0 Å². The van der Waals surface area contributed by atoms with Crippen LogP contribution in [0.4, 0.5) is 14.6 Å². The lowest BCUT2D eigenvalue weighted by molar-refractivity contribution is -0.137. The lowest BCUT2D eigenvalue weighted by Gasteiger charge is -2.33. The highest BCUT2D eigenvalue weighted by molar-refractivity contribution is 6.30. The third kappa shape index (κ3) is 4.74. The lowest BCUT2D eigenvalue weighted by atomic mass is 9.91. The van der Waals surface area contributed by atoms with E-state index in [0.29, 0.717) is 23.7 Å². The molecule has 0 atom stereocenters. The van der Waals surface area contributed by atoms with E-state index >= 15 is 0 Å². The highest BCUT2D eigenvalue weighted by atomic mass is 35.5. The smallest absolute Gasteiger partial charge is 0.303 e. The summed E-state index contributed by atoms with van der Waals surface area (Å²) in [6.45, 7) is 1.46. The molecule has 0 aliphatic carbocycles. The third-order valence-corrected chi connectivity index (χ3v) is 5.93. The first-order valence-corrected chi connectivity index (χ1v) is 10.5. The second kappa shape index (κ2) is 9.09. The molecule has 0 unspecified atom stereocenters. The second-order valence-corrected chi connectivity index (χ2v) is 8.13. The van der Waals surface area contributed by atoms with Crippen molar-refractivity contribution < 1.29 is 18.7 Å². The number of carboxylic acids is 1. The number of rotatable bonds is 6. The monoisotopic (exact) mass is 446 g/mol. The van der Waals surface area contributed by atoms with Gasteiger partial charge < -0.3 is 10.0 Å². The number of hydrogen-bond acceptors (Lipinski definition) is 5. The van der Waals surface area contributed by atoms with Gasteiger partial charge in [0.2, 0.25) is 0 Å². The van der Waals surface area contributed by atoms with E-state index in [9.17, 15) is 13.6 Å². The van der Waals surface area contributed by atoms with E-state index in [1.807, 2.05) is 0 Å². The number of carboxylic acid groups (broad SMARTS) is 1. The molecule has 9 heteroatoms. The second-order valence-electron chi connectivity index (χ2n) is 7.73. The summed E-state index contributed by atoms with van der Waals surface area (Å²) in [6, 6.07) is 3.65. The molecule has 1 saturated heterocycles. The number of anilines is 1. The Labute approximate surface area is 182 Å². The zero-order chi connectivity index (χ0) is 22.0. The molecule has 0 radical (unpaired) electrons. The normalized spacial score (nSPS) is 14.9. The number of hydrogen-bond donors (Lipinski definition) is 1. The Hall–Kier alpha value is -2.87. The number of aliphatic carboxylic acids is 1. The molecule has 0 amide bonds. The summed E-state index contributed by atoms with van der Waals surface area (Å²) in [5, 5.41) is 9.27. The summed E-state index contributed by atoms with van der Waals surface area (Å²) in [5.41, 5.74) is 0.541. The third-order valence-electron chi connectivity index (χ3n) is 5.65. The van der Waals surface area contributed by atoms with Crippen LogP contribution in [0.5, 0.6) is 0 Å². The number of benzene rings is 1. The van der Waals surface area contributed by atoms with Gasteiger partial charge >= 0.3 is 5.97 Å². The Balaban J connectivity index is 1.63. The topological polar surface area (TPSA) is 79.2 Å². The van der Waals surface area contributed by atoms with Crippen molar-refractivity contribution >= 4 is 34.3 Å². The first-order valence-electron chi connectivity index (χ1n) is 10.2. The molecular formula is C22H21ClF2N4O2. The van der Waals surface area contributed by atoms with E-state index < -0.39 is 17.6 Å². The van der Waals surface area contributed by atoms with Crippen LogP contribution in [0.15, 0.2) is 30.6 Å². The molecule has 4 rings (SSSR count). The number of piperidine rings is 1. The molecule has 2 aromatic heterocycles. The van der Waals surface area contributed by atoms with Crippen LogP contribution in [0.25, 0.3) is 22.3 Å². The first kappa shape index (κ1) is 21.4. The van der Waals surface area contributed by atoms with E-state index in [2.05, 4.69) is 19.9 Å². The first-order chi connectivity index (χ1) is 14.9. The van der Waals surface area contributed by atoms with E-state index in [1.165, 1.54) is 0 Å². The molecule has 0 bridgehead atoms. The molecule has 0 spiro atoms. The number of aromatic nitrogens is 3. The number of pyridine rings is 1. The van der Waals surface area contributed by atoms with E-state index in [4.69, 9.17) is 16.7 Å². The Morgan fingerprint density at radius 2 is 1.97 bits per heavy atom. The van der Waals surface area contributed by atoms with Gasteiger partial charge in [-0.2, -0.15) is 0 Å². The minimum absolute atomic E-state index is 0.0505. The molecule has 1 aromatic carbocycles. The van der Waals surface area contributed by atoms with Crippen LogP contribution in [-0.2, 0) is 4.79 Å². The Morgan fingerprint density at radius 1 is 1.19 bits per heavy atom. The SMILES string of the molecule is O=C(O)CCCC1CCN(c2nc(-c3cc(F)c(Cl)cc3F)nc3ccncc23)CC1. The van der Waals surface area contributed by atoms with Crippen molar-refractivity contribution in [2.45, 2.75) is 32.1 Å². The summed E-state index contributed by atoms with van der Waals surface area (Å²) in [6.07, 6.45) is 6.82. The van der Waals surface area contributed by atoms with Gasteiger partial charge in [-0.3, -0.25) is 9.78 Å². The maximum absolute atomic E-state index is 14.5. The number of nitrogens with zero attached hydrogens (tertiary/aromatic N) is 4. The highest BCUT2D eigenvalue weighted by Crippen LogP contribution is 2.33. The summed E-state index contributed by atoms with van der Waals surface area (Å²) in [5.74, 6) is -1.01. The zero-order valence-electron chi connectivity index (χ0n) is 16.7. The van der Waals surface area contributed by atoms with Crippen LogP contribution in [0.2, 0.25) is 5.02 Å². The summed E-state index contributed by atoms with van der Waals surface area (Å²) in [4.78, 5) is 26.0. The van der Waals surface area contributed by atoms with Crippen molar-refractivity contribution in [3.63, 3.8) is 0 Å². The molecule has 1 aliphatic rings. The molecule has 3 heterocycles. The van der Waals surface area contributed by atoms with Crippen LogP contribution < -0.4 is 4.90 Å². The van der Waals surface area contributed by atoms with Crippen molar-refractivity contribution in [2.75, 3.05) is 18.0 Å². The molecule has 0 saturated carbocycles. The largest absolute Gasteiger partial charge is 0.481 e. The fourth-order valence-electron chi connectivity index (χ4n) is 3.99. The quantitative estimate of drug-likeness (QED) is 0.531. The molecular weight excluding hydrogens is 426 g/mol. The van der Waals surface area contributed by atoms with E-state index in [1.54, 1.807) is 18.5 Å². The molecule has 162 valence electrons. The summed E-state index contributed by atoms with van der Waals surface area (Å²) >= 11 is 5.68. The van der Waals surface area contributed by atoms with Gasteiger partial charge in [0, 0.05) is 31.9 Å². The average Bonchev–Trinajstić information content (AvgIpc) is 2.76. The van der Waals surface area contributed by atoms with Gasteiger partial charge in [0.1, 0.15) is 17.5 Å². The minimum Gasteiger partial charge on any atom is -0.481 e. The highest BCUT2D eigenvalue weighted by Gasteiger charge is 2.24. The predicted molar refractivity (Wildman–Crippen MR) is 114 cm³/mol. The number of halogens is 3. The van der Waals surface area contributed by atoms with Gasteiger partial charge in [-0.05, 0) is 49.8 Å². The number of fused-ring (bicyclic) bond motifs is 1. The van der Waals surface area contributed by atoms with Crippen LogP contribution in [0.3, 0.4) is 0 Å². The Bertz CT molecular complexity index is 1120. The maximum atomic E-state index is 14.5. The zero-order valence-corrected chi connectivity index (χ0v) is 17.4. The Morgan fingerprint density at radius 3 is 2.71 bits per heavy atom. The molecule has 1 fully saturated rings. The Kier molecular flexibility index (Phi) is 6.27. The fraction of sp³-hybridized carbons (Fsp3) is 0.364. The molecule has 1 aliphatic heterocycles. The number of carbonyl (C=O) groups is 1. The van der Waals surface area contributed by atoms with Crippen molar-refractivity contribution in [1.29, 1.82) is 0 Å². The van der Waals surface area contributed by atoms with Gasteiger partial charge in [-0.15, -0.1) is 0 Å². The molecule has 31 heavy (non-hydrogen) atoms. The average molecular weight is 447 g/mol. The van der Waals surface area contributed by atoms with Gasteiger partial charge in [0.25, 0.3) is 0 Å². The summed E-state index contributed by atoms with van der Waals surface area (Å²) < 4.78 is 28.5. The summed E-state index contributed by atoms with van der Waals surface area (Å²) in [7, 11) is 0. The molecule has 6 nitrogen and oxygen atoms in total. The van der Waals surface area contributed by atoms with Crippen LogP contribution in [0.1, 0.15) is 32.1 Å². The van der Waals surface area contributed by atoms with Gasteiger partial charge in [0.15, 0.2) is 5.82 Å². The van der Waals surface area contributed by atoms with Crippen molar-refractivity contribution in [3.05, 3.63) is 47.2 Å². The van der Waals surface area contributed by atoms with E-state index in [0.717, 1.165) is 49.9 Å². The minimum atomic E-state index is -0.768. The lowest BCUT2D eigenvalue weighted by Crippen LogP contribution is -2.34. The van der Waals surface area contributed by atoms with Crippen LogP contribution in [0, 0.1) is 17.6 Å². The van der Waals surface area contributed by atoms with Crippen molar-refractivity contribution in [2.24, 2.45) is 5.92 Å². The van der Waals surface area contributed by atoms with E-state index in [-0.39, 0.29) is 22.8 Å². The van der Waals surface area contributed by atoms with Gasteiger partial charge in [-0.25, -0.2) is 18.7 Å². The predicted octanol–water partition coefficient (Wildman–Crippen LogP) is 5.09. The van der Waals surface area contributed by atoms with Crippen molar-refractivity contribution in [3.8, 4) is 11.4 Å². The van der Waals surface area contributed by atoms with Gasteiger partial charge in [0.05, 0.1) is 21.5 Å². The van der Waals surface area contributed by atoms with Gasteiger partial charge in [-0.1, -0.05) is 11.6 Å². The standard InChI is InChI=1S/C22H21ClF2N4O2/c23-16-11-17(24)14(10-18(16)25)21-27-19-4-7-26-12-15(19)22(28-21)29-8-5-13(6-9-29)2-1-3-20(30)31/h4,7,10-13H,1-3,5-6,8-9H2,(H,30,31).